The fourth-order valence-electron chi connectivity index (χ4n) is 1.80. The highest BCUT2D eigenvalue weighted by Gasteiger charge is 2.25. The Morgan fingerprint density at radius 2 is 1.90 bits per heavy atom. The predicted molar refractivity (Wildman–Crippen MR) is 76.0 cm³/mol. The molecule has 1 aromatic heterocycles. The summed E-state index contributed by atoms with van der Waals surface area (Å²) in [7, 11) is -3.71. The third kappa shape index (κ3) is 2.67. The van der Waals surface area contributed by atoms with Gasteiger partial charge in [0.05, 0.1) is 4.90 Å². The van der Waals surface area contributed by atoms with Gasteiger partial charge in [0.25, 0.3) is 0 Å². The lowest BCUT2D eigenvalue weighted by Gasteiger charge is -2.04. The maximum absolute atomic E-state index is 12.5. The summed E-state index contributed by atoms with van der Waals surface area (Å²) < 4.78 is 26.3. The van der Waals surface area contributed by atoms with Crippen molar-refractivity contribution in [3.8, 4) is 0 Å². The quantitative estimate of drug-likeness (QED) is 0.908. The molecule has 0 atom stereocenters. The Morgan fingerprint density at radius 3 is 2.50 bits per heavy atom. The van der Waals surface area contributed by atoms with Crippen molar-refractivity contribution in [2.24, 2.45) is 0 Å². The van der Waals surface area contributed by atoms with E-state index in [2.05, 4.69) is 10.3 Å². The van der Waals surface area contributed by atoms with Crippen LogP contribution in [-0.4, -0.2) is 23.4 Å². The number of unbranched alkanes of at least 4 members (excludes halogenated alkanes) is 1. The van der Waals surface area contributed by atoms with Crippen LogP contribution in [0.2, 0.25) is 0 Å². The number of hydrogen-bond donors (Lipinski definition) is 1. The summed E-state index contributed by atoms with van der Waals surface area (Å²) in [6.45, 7) is 4.50. The molecule has 0 unspecified atom stereocenters. The van der Waals surface area contributed by atoms with Crippen LogP contribution in [-0.2, 0) is 16.4 Å². The van der Waals surface area contributed by atoms with Crippen LogP contribution in [0, 0.1) is 6.92 Å². The first-order chi connectivity index (χ1) is 9.46. The van der Waals surface area contributed by atoms with Crippen LogP contribution in [0.25, 0.3) is 0 Å². The minimum Gasteiger partial charge on any atom is -0.381 e. The standard InChI is InChI=1S/C13H18N4O2S/c1-3-4-9-17-12(14)13(15-16-17)20(18,19)11-7-5-10(2)6-8-11/h5-8H,3-4,9,14H2,1-2H3. The van der Waals surface area contributed by atoms with Crippen LogP contribution in [0.4, 0.5) is 5.82 Å². The number of hydrogen-bond acceptors (Lipinski definition) is 5. The second-order valence-electron chi connectivity index (χ2n) is 4.67. The molecule has 0 spiro atoms. The van der Waals surface area contributed by atoms with Gasteiger partial charge in [0, 0.05) is 6.54 Å². The zero-order chi connectivity index (χ0) is 14.8. The largest absolute Gasteiger partial charge is 0.381 e. The molecule has 2 aromatic rings. The summed E-state index contributed by atoms with van der Waals surface area (Å²) in [6, 6.07) is 6.58. The lowest BCUT2D eigenvalue weighted by molar-refractivity contribution is 0.558. The number of nitrogens with two attached hydrogens (primary N) is 1. The Kier molecular flexibility index (Phi) is 4.08. The Hall–Kier alpha value is -1.89. The van der Waals surface area contributed by atoms with Crippen molar-refractivity contribution in [1.29, 1.82) is 0 Å². The second kappa shape index (κ2) is 5.62. The van der Waals surface area contributed by atoms with Crippen LogP contribution in [0.5, 0.6) is 0 Å². The molecule has 0 aliphatic carbocycles. The average Bonchev–Trinajstić information content (AvgIpc) is 2.79. The minimum atomic E-state index is -3.71. The smallest absolute Gasteiger partial charge is 0.229 e. The van der Waals surface area contributed by atoms with E-state index >= 15 is 0 Å². The zero-order valence-electron chi connectivity index (χ0n) is 11.6. The van der Waals surface area contributed by atoms with Gasteiger partial charge in [-0.1, -0.05) is 36.3 Å². The van der Waals surface area contributed by atoms with Crippen LogP contribution in [0.1, 0.15) is 25.3 Å². The van der Waals surface area contributed by atoms with E-state index in [-0.39, 0.29) is 15.7 Å². The molecule has 2 N–H and O–H groups in total. The molecule has 1 aromatic carbocycles. The number of sulfone groups is 1. The number of benzene rings is 1. The summed E-state index contributed by atoms with van der Waals surface area (Å²) >= 11 is 0. The van der Waals surface area contributed by atoms with Gasteiger partial charge in [-0.3, -0.25) is 0 Å². The van der Waals surface area contributed by atoms with Gasteiger partial charge in [-0.2, -0.15) is 0 Å². The number of rotatable bonds is 5. The fraction of sp³-hybridized carbons (Fsp3) is 0.385. The predicted octanol–water partition coefficient (Wildman–Crippen LogP) is 1.80. The highest BCUT2D eigenvalue weighted by molar-refractivity contribution is 7.91. The van der Waals surface area contributed by atoms with E-state index in [1.807, 2.05) is 13.8 Å². The van der Waals surface area contributed by atoms with Crippen LogP contribution in [0.15, 0.2) is 34.2 Å². The molecule has 0 radical (unpaired) electrons. The van der Waals surface area contributed by atoms with E-state index in [0.717, 1.165) is 18.4 Å². The van der Waals surface area contributed by atoms with Crippen molar-refractivity contribution in [2.75, 3.05) is 5.73 Å². The maximum atomic E-state index is 12.5. The lowest BCUT2D eigenvalue weighted by atomic mass is 10.2. The molecule has 0 amide bonds. The summed E-state index contributed by atoms with van der Waals surface area (Å²) in [6.07, 6.45) is 1.84. The molecule has 0 aliphatic heterocycles. The van der Waals surface area contributed by atoms with Crippen molar-refractivity contribution < 1.29 is 8.42 Å². The first-order valence-corrected chi connectivity index (χ1v) is 7.96. The maximum Gasteiger partial charge on any atom is 0.229 e. The van der Waals surface area contributed by atoms with Crippen molar-refractivity contribution >= 4 is 15.7 Å². The highest BCUT2D eigenvalue weighted by atomic mass is 32.2. The Balaban J connectivity index is 2.40. The summed E-state index contributed by atoms with van der Waals surface area (Å²) in [4.78, 5) is 0.178. The molecule has 20 heavy (non-hydrogen) atoms. The summed E-state index contributed by atoms with van der Waals surface area (Å²) in [5, 5.41) is 7.40. The number of anilines is 1. The summed E-state index contributed by atoms with van der Waals surface area (Å²) in [5.74, 6) is 0.0963. The fourth-order valence-corrected chi connectivity index (χ4v) is 3.04. The van der Waals surface area contributed by atoms with E-state index in [1.54, 1.807) is 24.3 Å². The zero-order valence-corrected chi connectivity index (χ0v) is 12.4. The molecule has 7 heteroatoms. The van der Waals surface area contributed by atoms with Crippen molar-refractivity contribution in [3.05, 3.63) is 29.8 Å². The minimum absolute atomic E-state index is 0.0963. The first kappa shape index (κ1) is 14.5. The molecule has 0 aliphatic rings. The molecule has 0 bridgehead atoms. The Morgan fingerprint density at radius 1 is 1.25 bits per heavy atom. The van der Waals surface area contributed by atoms with Gasteiger partial charge in [0.1, 0.15) is 0 Å². The van der Waals surface area contributed by atoms with Crippen molar-refractivity contribution in [2.45, 2.75) is 43.2 Å². The van der Waals surface area contributed by atoms with Gasteiger partial charge in [-0.15, -0.1) is 5.10 Å². The lowest BCUT2D eigenvalue weighted by Crippen LogP contribution is -2.09. The number of aryl methyl sites for hydroxylation is 2. The highest BCUT2D eigenvalue weighted by Crippen LogP contribution is 2.23. The Labute approximate surface area is 118 Å². The van der Waals surface area contributed by atoms with Gasteiger partial charge in [0.2, 0.25) is 14.9 Å². The van der Waals surface area contributed by atoms with Gasteiger partial charge < -0.3 is 5.73 Å². The first-order valence-electron chi connectivity index (χ1n) is 6.47. The molecular weight excluding hydrogens is 276 g/mol. The van der Waals surface area contributed by atoms with Crippen LogP contribution < -0.4 is 5.73 Å². The van der Waals surface area contributed by atoms with E-state index < -0.39 is 9.84 Å². The van der Waals surface area contributed by atoms with E-state index in [1.165, 1.54) is 4.68 Å². The normalized spacial score (nSPS) is 11.7. The topological polar surface area (TPSA) is 90.9 Å². The second-order valence-corrected chi connectivity index (χ2v) is 6.54. The number of nitrogen functional groups attached to an aromatic ring is 1. The third-order valence-corrected chi connectivity index (χ3v) is 4.74. The molecule has 0 saturated heterocycles. The molecule has 2 rings (SSSR count). The molecule has 0 fully saturated rings. The summed E-state index contributed by atoms with van der Waals surface area (Å²) in [5.41, 5.74) is 6.85. The van der Waals surface area contributed by atoms with E-state index in [0.29, 0.717) is 6.54 Å². The van der Waals surface area contributed by atoms with E-state index in [9.17, 15) is 8.42 Å². The van der Waals surface area contributed by atoms with Crippen LogP contribution >= 0.6 is 0 Å². The Bertz CT molecular complexity index is 690. The van der Waals surface area contributed by atoms with Gasteiger partial charge in [-0.25, -0.2) is 13.1 Å². The number of nitrogens with zero attached hydrogens (tertiary/aromatic N) is 3. The van der Waals surface area contributed by atoms with Crippen molar-refractivity contribution in [3.63, 3.8) is 0 Å². The van der Waals surface area contributed by atoms with E-state index in [4.69, 9.17) is 5.73 Å². The van der Waals surface area contributed by atoms with Gasteiger partial charge in [0.15, 0.2) is 5.82 Å². The van der Waals surface area contributed by atoms with Gasteiger partial charge >= 0.3 is 0 Å². The third-order valence-electron chi connectivity index (χ3n) is 3.05. The monoisotopic (exact) mass is 294 g/mol. The average molecular weight is 294 g/mol. The van der Waals surface area contributed by atoms with Crippen LogP contribution in [0.3, 0.4) is 0 Å². The SMILES string of the molecule is CCCCn1nnc(S(=O)(=O)c2ccc(C)cc2)c1N. The molecule has 1 heterocycles. The number of aromatic nitrogens is 3. The molecule has 108 valence electrons. The molecule has 0 saturated carbocycles. The van der Waals surface area contributed by atoms with Crippen molar-refractivity contribution in [1.82, 2.24) is 15.0 Å². The molecular formula is C13H18N4O2S. The van der Waals surface area contributed by atoms with Gasteiger partial charge in [-0.05, 0) is 25.5 Å². The molecule has 6 nitrogen and oxygen atoms in total.